The van der Waals surface area contributed by atoms with Crippen LogP contribution in [0.25, 0.3) is 10.9 Å². The van der Waals surface area contributed by atoms with Crippen molar-refractivity contribution in [1.82, 2.24) is 10.3 Å². The van der Waals surface area contributed by atoms with Crippen molar-refractivity contribution in [3.8, 4) is 0 Å². The monoisotopic (exact) mass is 366 g/mol. The van der Waals surface area contributed by atoms with Crippen LogP contribution < -0.4 is 5.32 Å². The number of hydrogen-bond acceptors (Lipinski definition) is 1. The Morgan fingerprint density at radius 1 is 1.19 bits per heavy atom. The summed E-state index contributed by atoms with van der Waals surface area (Å²) < 4.78 is 13.9. The van der Waals surface area contributed by atoms with E-state index < -0.39 is 0 Å². The van der Waals surface area contributed by atoms with Crippen LogP contribution in [0.2, 0.25) is 0 Å². The van der Waals surface area contributed by atoms with Gasteiger partial charge in [-0.1, -0.05) is 44.2 Å². The van der Waals surface area contributed by atoms with Gasteiger partial charge >= 0.3 is 0 Å². The number of H-pyrrole nitrogens is 1. The molecule has 2 aromatic carbocycles. The average molecular weight is 366 g/mol. The van der Waals surface area contributed by atoms with Gasteiger partial charge in [0, 0.05) is 35.5 Å². The van der Waals surface area contributed by atoms with Crippen molar-refractivity contribution in [3.63, 3.8) is 0 Å². The van der Waals surface area contributed by atoms with Crippen LogP contribution in [0.15, 0.2) is 48.7 Å². The SMILES string of the molecule is CCc1cccc2c([C@H](CC(=O)N[C@H](C)CC)c3cccc(F)c3)c[nH]c12. The van der Waals surface area contributed by atoms with Crippen molar-refractivity contribution < 1.29 is 9.18 Å². The molecule has 27 heavy (non-hydrogen) atoms. The maximum absolute atomic E-state index is 13.9. The second-order valence-corrected chi connectivity index (χ2v) is 7.13. The minimum atomic E-state index is -0.283. The molecule has 3 rings (SSSR count). The lowest BCUT2D eigenvalue weighted by molar-refractivity contribution is -0.121. The Kier molecular flexibility index (Phi) is 5.94. The summed E-state index contributed by atoms with van der Waals surface area (Å²) >= 11 is 0. The first-order valence-electron chi connectivity index (χ1n) is 9.67. The molecule has 1 aromatic heterocycles. The van der Waals surface area contributed by atoms with Gasteiger partial charge in [0.1, 0.15) is 5.82 Å². The van der Waals surface area contributed by atoms with Gasteiger partial charge in [-0.15, -0.1) is 0 Å². The van der Waals surface area contributed by atoms with Crippen LogP contribution in [0, 0.1) is 5.82 Å². The summed E-state index contributed by atoms with van der Waals surface area (Å²) in [5.41, 5.74) is 4.18. The maximum atomic E-state index is 13.9. The Hall–Kier alpha value is -2.62. The molecule has 0 saturated heterocycles. The van der Waals surface area contributed by atoms with Crippen LogP contribution in [0.4, 0.5) is 4.39 Å². The van der Waals surface area contributed by atoms with Gasteiger partial charge in [-0.3, -0.25) is 4.79 Å². The number of para-hydroxylation sites is 1. The van der Waals surface area contributed by atoms with E-state index in [0.717, 1.165) is 34.9 Å². The van der Waals surface area contributed by atoms with E-state index in [1.54, 1.807) is 6.07 Å². The highest BCUT2D eigenvalue weighted by molar-refractivity contribution is 5.88. The zero-order chi connectivity index (χ0) is 19.4. The molecule has 0 spiro atoms. The van der Waals surface area contributed by atoms with E-state index in [-0.39, 0.29) is 30.1 Å². The zero-order valence-corrected chi connectivity index (χ0v) is 16.2. The van der Waals surface area contributed by atoms with E-state index in [4.69, 9.17) is 0 Å². The van der Waals surface area contributed by atoms with Crippen LogP contribution in [0.5, 0.6) is 0 Å². The molecular weight excluding hydrogens is 339 g/mol. The Balaban J connectivity index is 2.03. The first kappa shape index (κ1) is 19.2. The van der Waals surface area contributed by atoms with E-state index in [1.165, 1.54) is 17.7 Å². The third kappa shape index (κ3) is 4.21. The number of amides is 1. The summed E-state index contributed by atoms with van der Waals surface area (Å²) in [6.07, 6.45) is 4.06. The molecule has 0 saturated carbocycles. The van der Waals surface area contributed by atoms with Crippen molar-refractivity contribution in [1.29, 1.82) is 0 Å². The standard InChI is InChI=1S/C23H27FN2O/c1-4-15(3)26-22(27)13-20(17-9-6-10-18(24)12-17)21-14-25-23-16(5-2)8-7-11-19(21)23/h6-12,14-15,20,25H,4-5,13H2,1-3H3,(H,26,27)/t15-,20-/m1/s1. The quantitative estimate of drug-likeness (QED) is 0.585. The van der Waals surface area contributed by atoms with Crippen molar-refractivity contribution in [2.75, 3.05) is 0 Å². The number of halogens is 1. The molecule has 0 aliphatic heterocycles. The van der Waals surface area contributed by atoms with E-state index in [1.807, 2.05) is 32.2 Å². The van der Waals surface area contributed by atoms with Gasteiger partial charge in [0.2, 0.25) is 5.91 Å². The fourth-order valence-electron chi connectivity index (χ4n) is 3.57. The minimum absolute atomic E-state index is 0.0143. The van der Waals surface area contributed by atoms with E-state index in [2.05, 4.69) is 29.4 Å². The number of benzene rings is 2. The second-order valence-electron chi connectivity index (χ2n) is 7.13. The molecule has 0 unspecified atom stereocenters. The van der Waals surface area contributed by atoms with Crippen LogP contribution in [0.3, 0.4) is 0 Å². The fraction of sp³-hybridized carbons (Fsp3) is 0.348. The van der Waals surface area contributed by atoms with Gasteiger partial charge in [-0.2, -0.15) is 0 Å². The van der Waals surface area contributed by atoms with Gasteiger partial charge in [0.25, 0.3) is 0 Å². The molecule has 1 amide bonds. The van der Waals surface area contributed by atoms with Gasteiger partial charge in [0.15, 0.2) is 0 Å². The number of nitrogens with one attached hydrogen (secondary N) is 2. The normalized spacial score (nSPS) is 13.5. The molecule has 3 nitrogen and oxygen atoms in total. The lowest BCUT2D eigenvalue weighted by atomic mass is 9.87. The van der Waals surface area contributed by atoms with E-state index >= 15 is 0 Å². The van der Waals surface area contributed by atoms with Crippen molar-refractivity contribution in [2.45, 2.75) is 52.0 Å². The summed E-state index contributed by atoms with van der Waals surface area (Å²) in [7, 11) is 0. The number of fused-ring (bicyclic) bond motifs is 1. The second kappa shape index (κ2) is 8.38. The molecule has 3 aromatic rings. The molecule has 142 valence electrons. The predicted octanol–water partition coefficient (Wildman–Crippen LogP) is 5.31. The Bertz CT molecular complexity index is 931. The Morgan fingerprint density at radius 2 is 1.96 bits per heavy atom. The summed E-state index contributed by atoms with van der Waals surface area (Å²) in [5, 5.41) is 4.13. The number of carbonyl (C=O) groups excluding carboxylic acids is 1. The Morgan fingerprint density at radius 3 is 2.67 bits per heavy atom. The number of aromatic amines is 1. The van der Waals surface area contributed by atoms with Crippen molar-refractivity contribution in [3.05, 3.63) is 71.2 Å². The first-order chi connectivity index (χ1) is 13.0. The highest BCUT2D eigenvalue weighted by atomic mass is 19.1. The summed E-state index contributed by atoms with van der Waals surface area (Å²) in [5.74, 6) is -0.501. The number of aryl methyl sites for hydroxylation is 1. The maximum Gasteiger partial charge on any atom is 0.221 e. The van der Waals surface area contributed by atoms with Crippen LogP contribution in [-0.2, 0) is 11.2 Å². The van der Waals surface area contributed by atoms with Gasteiger partial charge in [0.05, 0.1) is 0 Å². The highest BCUT2D eigenvalue weighted by Crippen LogP contribution is 2.34. The molecule has 0 aliphatic carbocycles. The smallest absolute Gasteiger partial charge is 0.221 e. The van der Waals surface area contributed by atoms with Crippen LogP contribution >= 0.6 is 0 Å². The topological polar surface area (TPSA) is 44.9 Å². The van der Waals surface area contributed by atoms with Gasteiger partial charge < -0.3 is 10.3 Å². The first-order valence-corrected chi connectivity index (χ1v) is 9.67. The lowest BCUT2D eigenvalue weighted by Crippen LogP contribution is -2.33. The Labute approximate surface area is 160 Å². The lowest BCUT2D eigenvalue weighted by Gasteiger charge is -2.19. The van der Waals surface area contributed by atoms with Crippen molar-refractivity contribution in [2.24, 2.45) is 0 Å². The number of aromatic nitrogens is 1. The molecule has 0 aliphatic rings. The molecule has 1 heterocycles. The minimum Gasteiger partial charge on any atom is -0.361 e. The third-order valence-electron chi connectivity index (χ3n) is 5.25. The molecule has 0 bridgehead atoms. The summed E-state index contributed by atoms with van der Waals surface area (Å²) in [6.45, 7) is 6.16. The molecule has 0 fully saturated rings. The summed E-state index contributed by atoms with van der Waals surface area (Å²) in [4.78, 5) is 16.0. The van der Waals surface area contributed by atoms with E-state index in [0.29, 0.717) is 0 Å². The van der Waals surface area contributed by atoms with Crippen LogP contribution in [-0.4, -0.2) is 16.9 Å². The third-order valence-corrected chi connectivity index (χ3v) is 5.25. The number of hydrogen-bond donors (Lipinski definition) is 2. The molecule has 4 heteroatoms. The van der Waals surface area contributed by atoms with Gasteiger partial charge in [-0.25, -0.2) is 4.39 Å². The van der Waals surface area contributed by atoms with E-state index in [9.17, 15) is 9.18 Å². The number of carbonyl (C=O) groups is 1. The van der Waals surface area contributed by atoms with Gasteiger partial charge in [-0.05, 0) is 48.6 Å². The largest absolute Gasteiger partial charge is 0.361 e. The molecule has 2 atom stereocenters. The average Bonchev–Trinajstić information content (AvgIpc) is 3.09. The van der Waals surface area contributed by atoms with Crippen LogP contribution in [0.1, 0.15) is 56.2 Å². The molecule has 0 radical (unpaired) electrons. The molecule has 2 N–H and O–H groups in total. The van der Waals surface area contributed by atoms with Crippen molar-refractivity contribution >= 4 is 16.8 Å². The fourth-order valence-corrected chi connectivity index (χ4v) is 3.57. The number of rotatable bonds is 7. The summed E-state index contributed by atoms with van der Waals surface area (Å²) in [6, 6.07) is 12.9. The predicted molar refractivity (Wildman–Crippen MR) is 108 cm³/mol. The zero-order valence-electron chi connectivity index (χ0n) is 16.2. The highest BCUT2D eigenvalue weighted by Gasteiger charge is 2.23. The molecular formula is C23H27FN2O.